The molecular weight excluding hydrogens is 223 g/mol. The average Bonchev–Trinajstić information content (AvgIpc) is 2.72. The van der Waals surface area contributed by atoms with Crippen molar-refractivity contribution in [3.05, 3.63) is 41.3 Å². The average molecular weight is 234 g/mol. The number of nitrogens with one attached hydrogen (secondary N) is 1. The van der Waals surface area contributed by atoms with Crippen LogP contribution in [0.2, 0.25) is 0 Å². The van der Waals surface area contributed by atoms with E-state index in [-0.39, 0.29) is 5.82 Å². The van der Waals surface area contributed by atoms with Crippen molar-refractivity contribution in [2.24, 2.45) is 0 Å². The van der Waals surface area contributed by atoms with Crippen LogP contribution < -0.4 is 0 Å². The molecule has 0 bridgehead atoms. The monoisotopic (exact) mass is 234 g/mol. The van der Waals surface area contributed by atoms with Crippen LogP contribution in [0.3, 0.4) is 0 Å². The van der Waals surface area contributed by atoms with Gasteiger partial charge < -0.3 is 0 Å². The van der Waals surface area contributed by atoms with Gasteiger partial charge in [0.05, 0.1) is 5.69 Å². The standard InChI is InChI=1S/C12H11FN2S/c13-9-3-1-2-8(6-9)12-10-7-16-5-4-11(10)14-15-12/h1-3,6H,4-5,7H2,(H,14,15). The highest BCUT2D eigenvalue weighted by molar-refractivity contribution is 7.98. The van der Waals surface area contributed by atoms with Crippen LogP contribution in [0.5, 0.6) is 0 Å². The molecule has 3 rings (SSSR count). The molecule has 0 saturated carbocycles. The zero-order valence-electron chi connectivity index (χ0n) is 8.66. The van der Waals surface area contributed by atoms with Crippen molar-refractivity contribution in [1.82, 2.24) is 10.2 Å². The van der Waals surface area contributed by atoms with E-state index in [0.29, 0.717) is 0 Å². The number of aromatic nitrogens is 2. The molecule has 1 aromatic carbocycles. The summed E-state index contributed by atoms with van der Waals surface area (Å²) in [5, 5.41) is 7.36. The van der Waals surface area contributed by atoms with Gasteiger partial charge in [-0.05, 0) is 24.3 Å². The molecule has 0 unspecified atom stereocenters. The number of H-pyrrole nitrogens is 1. The van der Waals surface area contributed by atoms with Crippen molar-refractivity contribution in [3.63, 3.8) is 0 Å². The van der Waals surface area contributed by atoms with Crippen molar-refractivity contribution >= 4 is 11.8 Å². The second kappa shape index (κ2) is 3.94. The fraction of sp³-hybridized carbons (Fsp3) is 0.250. The number of hydrogen-bond acceptors (Lipinski definition) is 2. The molecule has 0 fully saturated rings. The van der Waals surface area contributed by atoms with E-state index in [1.165, 1.54) is 23.4 Å². The van der Waals surface area contributed by atoms with Crippen LogP contribution in [0.15, 0.2) is 24.3 Å². The lowest BCUT2D eigenvalue weighted by Crippen LogP contribution is -2.00. The third-order valence-corrected chi connectivity index (χ3v) is 3.78. The van der Waals surface area contributed by atoms with E-state index < -0.39 is 0 Å². The second-order valence-corrected chi connectivity index (χ2v) is 4.95. The topological polar surface area (TPSA) is 28.7 Å². The van der Waals surface area contributed by atoms with E-state index in [4.69, 9.17) is 0 Å². The van der Waals surface area contributed by atoms with Gasteiger partial charge in [-0.3, -0.25) is 5.10 Å². The maximum atomic E-state index is 13.1. The summed E-state index contributed by atoms with van der Waals surface area (Å²) in [4.78, 5) is 0. The zero-order chi connectivity index (χ0) is 11.0. The number of nitrogens with zero attached hydrogens (tertiary/aromatic N) is 1. The molecule has 0 atom stereocenters. The first-order valence-corrected chi connectivity index (χ1v) is 6.40. The van der Waals surface area contributed by atoms with Crippen LogP contribution in [-0.4, -0.2) is 16.0 Å². The number of aryl methyl sites for hydroxylation is 1. The second-order valence-electron chi connectivity index (χ2n) is 3.84. The minimum Gasteiger partial charge on any atom is -0.282 e. The Hall–Kier alpha value is -1.29. The van der Waals surface area contributed by atoms with E-state index >= 15 is 0 Å². The van der Waals surface area contributed by atoms with Gasteiger partial charge >= 0.3 is 0 Å². The Balaban J connectivity index is 2.09. The molecule has 0 amide bonds. The maximum Gasteiger partial charge on any atom is 0.123 e. The molecule has 2 nitrogen and oxygen atoms in total. The van der Waals surface area contributed by atoms with Crippen molar-refractivity contribution in [2.75, 3.05) is 5.75 Å². The van der Waals surface area contributed by atoms with Crippen LogP contribution in [-0.2, 0) is 12.2 Å². The number of thioether (sulfide) groups is 1. The Morgan fingerprint density at radius 3 is 3.19 bits per heavy atom. The van der Waals surface area contributed by atoms with Crippen molar-refractivity contribution < 1.29 is 4.39 Å². The molecule has 1 aliphatic rings. The third-order valence-electron chi connectivity index (χ3n) is 2.79. The van der Waals surface area contributed by atoms with Crippen molar-refractivity contribution in [1.29, 1.82) is 0 Å². The van der Waals surface area contributed by atoms with Gasteiger partial charge in [0, 0.05) is 22.6 Å². The maximum absolute atomic E-state index is 13.1. The summed E-state index contributed by atoms with van der Waals surface area (Å²) >= 11 is 1.90. The molecule has 82 valence electrons. The number of benzene rings is 1. The Labute approximate surface area is 97.3 Å². The van der Waals surface area contributed by atoms with Gasteiger partial charge in [-0.15, -0.1) is 0 Å². The Bertz CT molecular complexity index is 521. The van der Waals surface area contributed by atoms with Gasteiger partial charge in [0.25, 0.3) is 0 Å². The first kappa shape index (κ1) is 9.90. The fourth-order valence-electron chi connectivity index (χ4n) is 1.99. The molecule has 4 heteroatoms. The van der Waals surface area contributed by atoms with Crippen LogP contribution in [0, 0.1) is 5.82 Å². The third kappa shape index (κ3) is 1.63. The highest BCUT2D eigenvalue weighted by Crippen LogP contribution is 2.31. The number of hydrogen-bond donors (Lipinski definition) is 1. The molecule has 1 N–H and O–H groups in total. The molecule has 0 radical (unpaired) electrons. The van der Waals surface area contributed by atoms with Crippen LogP contribution >= 0.6 is 11.8 Å². The predicted octanol–water partition coefficient (Wildman–Crippen LogP) is 3.01. The van der Waals surface area contributed by atoms with Gasteiger partial charge in [-0.25, -0.2) is 4.39 Å². The lowest BCUT2D eigenvalue weighted by atomic mass is 10.1. The van der Waals surface area contributed by atoms with E-state index in [1.807, 2.05) is 17.8 Å². The highest BCUT2D eigenvalue weighted by Gasteiger charge is 2.18. The lowest BCUT2D eigenvalue weighted by Gasteiger charge is -2.10. The fourth-order valence-corrected chi connectivity index (χ4v) is 2.99. The molecular formula is C12H11FN2S. The minimum absolute atomic E-state index is 0.210. The van der Waals surface area contributed by atoms with E-state index in [9.17, 15) is 4.39 Å². The molecule has 0 spiro atoms. The van der Waals surface area contributed by atoms with Gasteiger partial charge in [0.15, 0.2) is 0 Å². The molecule has 0 aliphatic carbocycles. The minimum atomic E-state index is -0.210. The summed E-state index contributed by atoms with van der Waals surface area (Å²) in [5.74, 6) is 1.90. The van der Waals surface area contributed by atoms with Gasteiger partial charge in [0.1, 0.15) is 5.82 Å². The molecule has 1 aliphatic heterocycles. The quantitative estimate of drug-likeness (QED) is 0.821. The number of fused-ring (bicyclic) bond motifs is 1. The molecule has 2 heterocycles. The smallest absolute Gasteiger partial charge is 0.123 e. The van der Waals surface area contributed by atoms with E-state index in [0.717, 1.165) is 29.2 Å². The Morgan fingerprint density at radius 1 is 1.38 bits per heavy atom. The summed E-state index contributed by atoms with van der Waals surface area (Å²) in [6.07, 6.45) is 1.03. The normalized spacial score (nSPS) is 14.8. The van der Waals surface area contributed by atoms with Gasteiger partial charge in [-0.1, -0.05) is 12.1 Å². The molecule has 1 aromatic heterocycles. The van der Waals surface area contributed by atoms with Crippen LogP contribution in [0.25, 0.3) is 11.3 Å². The van der Waals surface area contributed by atoms with Gasteiger partial charge in [-0.2, -0.15) is 16.9 Å². The van der Waals surface area contributed by atoms with Crippen LogP contribution in [0.1, 0.15) is 11.3 Å². The SMILES string of the molecule is Fc1cccc(-c2n[nH]c3c2CSCC3)c1. The Kier molecular flexibility index (Phi) is 2.44. The van der Waals surface area contributed by atoms with E-state index in [1.54, 1.807) is 6.07 Å². The van der Waals surface area contributed by atoms with Gasteiger partial charge in [0.2, 0.25) is 0 Å². The first-order chi connectivity index (χ1) is 7.84. The largest absolute Gasteiger partial charge is 0.282 e. The van der Waals surface area contributed by atoms with Crippen molar-refractivity contribution in [3.8, 4) is 11.3 Å². The summed E-state index contributed by atoms with van der Waals surface area (Å²) in [6, 6.07) is 6.62. The Morgan fingerprint density at radius 2 is 2.31 bits per heavy atom. The number of rotatable bonds is 1. The van der Waals surface area contributed by atoms with Crippen molar-refractivity contribution in [2.45, 2.75) is 12.2 Å². The number of halogens is 1. The first-order valence-electron chi connectivity index (χ1n) is 5.24. The zero-order valence-corrected chi connectivity index (χ0v) is 9.48. The molecule has 2 aromatic rings. The summed E-state index contributed by atoms with van der Waals surface area (Å²) < 4.78 is 13.1. The summed E-state index contributed by atoms with van der Waals surface area (Å²) in [7, 11) is 0. The predicted molar refractivity (Wildman–Crippen MR) is 63.8 cm³/mol. The highest BCUT2D eigenvalue weighted by atomic mass is 32.2. The summed E-state index contributed by atoms with van der Waals surface area (Å²) in [6.45, 7) is 0. The molecule has 16 heavy (non-hydrogen) atoms. The summed E-state index contributed by atoms with van der Waals surface area (Å²) in [5.41, 5.74) is 4.21. The number of aromatic amines is 1. The van der Waals surface area contributed by atoms with Crippen LogP contribution in [0.4, 0.5) is 4.39 Å². The van der Waals surface area contributed by atoms with E-state index in [2.05, 4.69) is 10.2 Å². The lowest BCUT2D eigenvalue weighted by molar-refractivity contribution is 0.628. The molecule has 0 saturated heterocycles.